The number of morpholine rings is 1. The van der Waals surface area contributed by atoms with Crippen molar-refractivity contribution in [3.8, 4) is 11.5 Å². The van der Waals surface area contributed by atoms with Crippen molar-refractivity contribution >= 4 is 29.6 Å². The molecule has 3 amide bonds. The molecule has 1 aliphatic heterocycles. The molecule has 0 radical (unpaired) electrons. The molecule has 10 heteroatoms. The molecule has 0 spiro atoms. The summed E-state index contributed by atoms with van der Waals surface area (Å²) in [5.74, 6) is -0.586. The van der Waals surface area contributed by atoms with Crippen LogP contribution in [0.1, 0.15) is 25.3 Å². The molecule has 10 nitrogen and oxygen atoms in total. The van der Waals surface area contributed by atoms with Crippen molar-refractivity contribution in [3.63, 3.8) is 0 Å². The Balaban J connectivity index is 1.39. The average Bonchev–Trinajstić information content (AvgIpc) is 2.89. The quantitative estimate of drug-likeness (QED) is 0.232. The van der Waals surface area contributed by atoms with Gasteiger partial charge in [0.25, 0.3) is 5.91 Å². The van der Waals surface area contributed by atoms with E-state index in [1.807, 2.05) is 0 Å². The minimum Gasteiger partial charge on any atom is -0.494 e. The van der Waals surface area contributed by atoms with E-state index in [0.29, 0.717) is 55.7 Å². The molecule has 35 heavy (non-hydrogen) atoms. The van der Waals surface area contributed by atoms with Gasteiger partial charge in [-0.2, -0.15) is 5.10 Å². The third-order valence-corrected chi connectivity index (χ3v) is 5.07. The van der Waals surface area contributed by atoms with Crippen LogP contribution in [0.3, 0.4) is 0 Å². The molecular weight excluding hydrogens is 452 g/mol. The second-order valence-corrected chi connectivity index (χ2v) is 7.73. The monoisotopic (exact) mass is 482 g/mol. The van der Waals surface area contributed by atoms with Crippen LogP contribution in [-0.2, 0) is 19.1 Å². The highest BCUT2D eigenvalue weighted by Crippen LogP contribution is 2.16. The van der Waals surface area contributed by atoms with Crippen molar-refractivity contribution in [2.24, 2.45) is 5.10 Å². The van der Waals surface area contributed by atoms with Gasteiger partial charge in [-0.15, -0.1) is 0 Å². The molecule has 0 aromatic heterocycles. The molecule has 1 aliphatic rings. The van der Waals surface area contributed by atoms with Crippen LogP contribution in [0, 0.1) is 0 Å². The van der Waals surface area contributed by atoms with Crippen LogP contribution >= 0.6 is 0 Å². The number of hydrogen-bond acceptors (Lipinski definition) is 7. The highest BCUT2D eigenvalue weighted by atomic mass is 16.5. The Morgan fingerprint density at radius 1 is 0.971 bits per heavy atom. The number of nitrogens with zero attached hydrogens (tertiary/aromatic N) is 2. The zero-order valence-electron chi connectivity index (χ0n) is 19.7. The summed E-state index contributed by atoms with van der Waals surface area (Å²) in [7, 11) is 0. The van der Waals surface area contributed by atoms with E-state index >= 15 is 0 Å². The number of nitrogens with one attached hydrogen (secondary N) is 2. The first-order valence-electron chi connectivity index (χ1n) is 11.5. The van der Waals surface area contributed by atoms with E-state index in [0.717, 1.165) is 12.8 Å². The van der Waals surface area contributed by atoms with Crippen LogP contribution < -0.4 is 20.2 Å². The van der Waals surface area contributed by atoms with Gasteiger partial charge in [0.15, 0.2) is 6.61 Å². The average molecular weight is 483 g/mol. The smallest absolute Gasteiger partial charge is 0.329 e. The van der Waals surface area contributed by atoms with Gasteiger partial charge in [0.05, 0.1) is 26.0 Å². The van der Waals surface area contributed by atoms with Gasteiger partial charge in [-0.25, -0.2) is 5.43 Å². The predicted molar refractivity (Wildman–Crippen MR) is 131 cm³/mol. The highest BCUT2D eigenvalue weighted by molar-refractivity contribution is 6.39. The maximum absolute atomic E-state index is 12.1. The van der Waals surface area contributed by atoms with Crippen molar-refractivity contribution in [2.45, 2.75) is 19.8 Å². The molecule has 0 atom stereocenters. The van der Waals surface area contributed by atoms with E-state index in [9.17, 15) is 14.4 Å². The van der Waals surface area contributed by atoms with E-state index in [2.05, 4.69) is 22.8 Å². The van der Waals surface area contributed by atoms with Crippen molar-refractivity contribution in [3.05, 3.63) is 54.1 Å². The van der Waals surface area contributed by atoms with Crippen LogP contribution in [0.15, 0.2) is 53.6 Å². The molecule has 1 saturated heterocycles. The molecular formula is C25H30N4O6. The molecule has 0 unspecified atom stereocenters. The number of benzene rings is 2. The van der Waals surface area contributed by atoms with Crippen LogP contribution in [0.25, 0.3) is 0 Å². The summed E-state index contributed by atoms with van der Waals surface area (Å²) in [5.41, 5.74) is 3.34. The summed E-state index contributed by atoms with van der Waals surface area (Å²) in [6.45, 7) is 4.89. The molecule has 0 bridgehead atoms. The van der Waals surface area contributed by atoms with E-state index in [1.165, 1.54) is 6.21 Å². The maximum Gasteiger partial charge on any atom is 0.329 e. The SMILES string of the molecule is CCCCOc1ccc(NC(=O)C(=O)N/N=C\c2ccc(OCC(=O)N3CCOCC3)cc2)cc1. The highest BCUT2D eigenvalue weighted by Gasteiger charge is 2.17. The van der Waals surface area contributed by atoms with Crippen molar-refractivity contribution in [1.29, 1.82) is 0 Å². The summed E-state index contributed by atoms with van der Waals surface area (Å²) in [6.07, 6.45) is 3.41. The predicted octanol–water partition coefficient (Wildman–Crippen LogP) is 2.19. The fourth-order valence-electron chi connectivity index (χ4n) is 3.07. The largest absolute Gasteiger partial charge is 0.494 e. The minimum absolute atomic E-state index is 0.0484. The van der Waals surface area contributed by atoms with E-state index < -0.39 is 11.8 Å². The van der Waals surface area contributed by atoms with Crippen molar-refractivity contribution in [1.82, 2.24) is 10.3 Å². The van der Waals surface area contributed by atoms with Crippen molar-refractivity contribution in [2.75, 3.05) is 44.8 Å². The summed E-state index contributed by atoms with van der Waals surface area (Å²) in [6, 6.07) is 13.6. The number of amides is 3. The van der Waals surface area contributed by atoms with E-state index in [4.69, 9.17) is 14.2 Å². The Bertz CT molecular complexity index is 1000. The Hall–Kier alpha value is -3.92. The second kappa shape index (κ2) is 13.7. The first kappa shape index (κ1) is 25.7. The number of anilines is 1. The summed E-state index contributed by atoms with van der Waals surface area (Å²) in [5, 5.41) is 6.31. The minimum atomic E-state index is -0.897. The van der Waals surface area contributed by atoms with Gasteiger partial charge in [-0.05, 0) is 60.5 Å². The fraction of sp³-hybridized carbons (Fsp3) is 0.360. The molecule has 0 saturated carbocycles. The Morgan fingerprint density at radius 3 is 2.31 bits per heavy atom. The third kappa shape index (κ3) is 8.74. The maximum atomic E-state index is 12.1. The number of ether oxygens (including phenoxy) is 3. The third-order valence-electron chi connectivity index (χ3n) is 5.07. The van der Waals surface area contributed by atoms with Gasteiger partial charge in [-0.3, -0.25) is 14.4 Å². The Morgan fingerprint density at radius 2 is 1.63 bits per heavy atom. The van der Waals surface area contributed by atoms with Gasteiger partial charge < -0.3 is 24.4 Å². The zero-order valence-corrected chi connectivity index (χ0v) is 19.7. The standard InChI is InChI=1S/C25H30N4O6/c1-2-3-14-34-21-10-6-20(7-11-21)27-24(31)25(32)28-26-17-19-4-8-22(9-5-19)35-18-23(30)29-12-15-33-16-13-29/h4-11,17H,2-3,12-16,18H2,1H3,(H,27,31)(H,28,32)/b26-17-. The lowest BCUT2D eigenvalue weighted by atomic mass is 10.2. The van der Waals surface area contributed by atoms with Gasteiger partial charge in [0.2, 0.25) is 0 Å². The van der Waals surface area contributed by atoms with Gasteiger partial charge in [0, 0.05) is 18.8 Å². The lowest BCUT2D eigenvalue weighted by Crippen LogP contribution is -2.42. The number of carbonyl (C=O) groups is 3. The van der Waals surface area contributed by atoms with E-state index in [1.54, 1.807) is 53.4 Å². The Labute approximate surface area is 204 Å². The number of rotatable bonds is 10. The number of hydrogen-bond donors (Lipinski definition) is 2. The first-order chi connectivity index (χ1) is 17.0. The molecule has 0 aliphatic carbocycles. The normalized spacial score (nSPS) is 13.3. The van der Waals surface area contributed by atoms with Crippen LogP contribution in [0.4, 0.5) is 5.69 Å². The molecule has 2 aromatic carbocycles. The molecule has 1 fully saturated rings. The van der Waals surface area contributed by atoms with Crippen LogP contribution in [-0.4, -0.2) is 68.4 Å². The van der Waals surface area contributed by atoms with Crippen LogP contribution in [0.5, 0.6) is 11.5 Å². The van der Waals surface area contributed by atoms with Gasteiger partial charge >= 0.3 is 11.8 Å². The molecule has 2 aromatic rings. The van der Waals surface area contributed by atoms with Gasteiger partial charge in [0.1, 0.15) is 11.5 Å². The zero-order chi connectivity index (χ0) is 24.9. The lowest BCUT2D eigenvalue weighted by Gasteiger charge is -2.26. The Kier molecular flexibility index (Phi) is 10.1. The summed E-state index contributed by atoms with van der Waals surface area (Å²) in [4.78, 5) is 37.9. The molecule has 3 rings (SSSR count). The van der Waals surface area contributed by atoms with Gasteiger partial charge in [-0.1, -0.05) is 13.3 Å². The second-order valence-electron chi connectivity index (χ2n) is 7.73. The lowest BCUT2D eigenvalue weighted by molar-refractivity contribution is -0.137. The number of carbonyl (C=O) groups excluding carboxylic acids is 3. The fourth-order valence-corrected chi connectivity index (χ4v) is 3.07. The van der Waals surface area contributed by atoms with Crippen molar-refractivity contribution < 1.29 is 28.6 Å². The summed E-state index contributed by atoms with van der Waals surface area (Å²) >= 11 is 0. The molecule has 2 N–H and O–H groups in total. The van der Waals surface area contributed by atoms with E-state index in [-0.39, 0.29) is 12.5 Å². The molecule has 186 valence electrons. The number of hydrazone groups is 1. The first-order valence-corrected chi connectivity index (χ1v) is 11.5. The van der Waals surface area contributed by atoms with Crippen LogP contribution in [0.2, 0.25) is 0 Å². The topological polar surface area (TPSA) is 119 Å². The molecule has 1 heterocycles. The number of unbranched alkanes of at least 4 members (excludes halogenated alkanes) is 1. The summed E-state index contributed by atoms with van der Waals surface area (Å²) < 4.78 is 16.3.